The van der Waals surface area contributed by atoms with Crippen molar-refractivity contribution in [2.24, 2.45) is 0 Å². The molecule has 0 aliphatic rings. The zero-order valence-electron chi connectivity index (χ0n) is 32.5. The van der Waals surface area contributed by atoms with Crippen molar-refractivity contribution < 1.29 is 13.3 Å². The molecule has 61 heavy (non-hydrogen) atoms. The van der Waals surface area contributed by atoms with Crippen LogP contribution in [-0.2, 0) is 0 Å². The Morgan fingerprint density at radius 3 is 1.72 bits per heavy atom. The Morgan fingerprint density at radius 2 is 0.869 bits per heavy atom. The van der Waals surface area contributed by atoms with Crippen molar-refractivity contribution in [2.75, 3.05) is 0 Å². The van der Waals surface area contributed by atoms with Crippen LogP contribution in [0.15, 0.2) is 201 Å². The van der Waals surface area contributed by atoms with Crippen LogP contribution in [0.3, 0.4) is 0 Å². The van der Waals surface area contributed by atoms with E-state index in [-0.39, 0.29) is 0 Å². The smallest absolute Gasteiger partial charge is 0.164 e. The van der Waals surface area contributed by atoms with E-state index in [0.717, 1.165) is 116 Å². The third-order valence-corrected chi connectivity index (χ3v) is 11.9. The molecule has 0 bridgehead atoms. The summed E-state index contributed by atoms with van der Waals surface area (Å²) in [6.07, 6.45) is 0. The van der Waals surface area contributed by atoms with Gasteiger partial charge in [0.1, 0.15) is 33.5 Å². The molecule has 284 valence electrons. The van der Waals surface area contributed by atoms with E-state index in [9.17, 15) is 0 Å². The molecule has 0 amide bonds. The van der Waals surface area contributed by atoms with Crippen LogP contribution in [0.2, 0.25) is 0 Å². The van der Waals surface area contributed by atoms with Gasteiger partial charge in [0, 0.05) is 60.1 Å². The van der Waals surface area contributed by atoms with E-state index in [1.54, 1.807) is 0 Å². The summed E-state index contributed by atoms with van der Waals surface area (Å²) in [5.41, 5.74) is 11.8. The molecule has 0 saturated carbocycles. The molecule has 0 aliphatic heterocycles. The minimum atomic E-state index is 0.552. The Balaban J connectivity index is 1.04. The summed E-state index contributed by atoms with van der Waals surface area (Å²) < 4.78 is 19.6. The van der Waals surface area contributed by atoms with Crippen molar-refractivity contribution in [1.29, 1.82) is 0 Å². The molecule has 4 heterocycles. The van der Waals surface area contributed by atoms with Gasteiger partial charge in [0.05, 0.1) is 0 Å². The second-order valence-corrected chi connectivity index (χ2v) is 15.5. The molecule has 6 heteroatoms. The van der Waals surface area contributed by atoms with E-state index >= 15 is 0 Å². The zero-order valence-corrected chi connectivity index (χ0v) is 32.5. The van der Waals surface area contributed by atoms with Gasteiger partial charge in [-0.1, -0.05) is 146 Å². The van der Waals surface area contributed by atoms with Gasteiger partial charge in [0.15, 0.2) is 17.5 Å². The van der Waals surface area contributed by atoms with E-state index in [1.807, 2.05) is 60.7 Å². The number of para-hydroxylation sites is 3. The summed E-state index contributed by atoms with van der Waals surface area (Å²) >= 11 is 0. The van der Waals surface area contributed by atoms with Gasteiger partial charge < -0.3 is 13.3 Å². The quantitative estimate of drug-likeness (QED) is 0.173. The molecule has 0 fully saturated rings. The molecule has 0 atom stereocenters. The Hall–Kier alpha value is -8.35. The number of hydrogen-bond donors (Lipinski definition) is 0. The van der Waals surface area contributed by atoms with Gasteiger partial charge >= 0.3 is 0 Å². The number of fused-ring (bicyclic) bond motifs is 10. The second kappa shape index (κ2) is 13.1. The van der Waals surface area contributed by atoms with Crippen LogP contribution in [0.4, 0.5) is 0 Å². The van der Waals surface area contributed by atoms with Gasteiger partial charge in [0.2, 0.25) is 0 Å². The van der Waals surface area contributed by atoms with Crippen molar-refractivity contribution >= 4 is 76.6 Å². The highest BCUT2D eigenvalue weighted by Crippen LogP contribution is 2.46. The Morgan fingerprint density at radius 1 is 0.295 bits per heavy atom. The minimum absolute atomic E-state index is 0.552. The summed E-state index contributed by atoms with van der Waals surface area (Å²) in [6, 6.07) is 64.4. The van der Waals surface area contributed by atoms with Crippen molar-refractivity contribution in [3.8, 4) is 56.4 Å². The molecule has 0 N–H and O–H groups in total. The van der Waals surface area contributed by atoms with Crippen LogP contribution in [0, 0.1) is 0 Å². The average Bonchev–Trinajstić information content (AvgIpc) is 4.02. The number of nitrogens with zero attached hydrogens (tertiary/aromatic N) is 3. The predicted molar refractivity (Wildman–Crippen MR) is 246 cm³/mol. The highest BCUT2D eigenvalue weighted by Gasteiger charge is 2.23. The van der Waals surface area contributed by atoms with Gasteiger partial charge in [-0.25, -0.2) is 15.0 Å². The number of furan rings is 3. The first-order valence-corrected chi connectivity index (χ1v) is 20.3. The predicted octanol–water partition coefficient (Wildman–Crippen LogP) is 15.1. The van der Waals surface area contributed by atoms with E-state index in [0.29, 0.717) is 17.5 Å². The molecule has 0 saturated heterocycles. The maximum Gasteiger partial charge on any atom is 0.164 e. The lowest BCUT2D eigenvalue weighted by atomic mass is 9.92. The van der Waals surface area contributed by atoms with Crippen molar-refractivity contribution in [3.05, 3.63) is 188 Å². The maximum atomic E-state index is 6.94. The fraction of sp³-hybridized carbons (Fsp3) is 0. The van der Waals surface area contributed by atoms with Crippen molar-refractivity contribution in [3.63, 3.8) is 0 Å². The first-order valence-electron chi connectivity index (χ1n) is 20.3. The Kier molecular flexibility index (Phi) is 7.21. The average molecular weight is 782 g/mol. The Bertz CT molecular complexity index is 3880. The van der Waals surface area contributed by atoms with E-state index in [2.05, 4.69) is 127 Å². The second-order valence-electron chi connectivity index (χ2n) is 15.5. The third kappa shape index (κ3) is 5.26. The molecule has 4 aromatic heterocycles. The lowest BCUT2D eigenvalue weighted by molar-refractivity contribution is 0.668. The standard InChI is InChI=1S/C55H31N3O3/c1-2-12-32(13-3-1)33-24-26-34(27-25-33)53-56-54(36-28-29-46-43(30-36)38-16-6-8-21-44(38)59-46)58-55(57-53)42-20-11-23-47-49(42)40-18-10-19-41(52(40)61-47)50-37-15-5-4-14-35(37)31-48-51(50)39-17-7-9-22-45(39)60-48/h1-31H. The van der Waals surface area contributed by atoms with Crippen LogP contribution in [-0.4, -0.2) is 15.0 Å². The van der Waals surface area contributed by atoms with Crippen LogP contribution < -0.4 is 0 Å². The molecule has 13 rings (SSSR count). The van der Waals surface area contributed by atoms with Gasteiger partial charge in [-0.3, -0.25) is 0 Å². The first-order chi connectivity index (χ1) is 30.2. The van der Waals surface area contributed by atoms with Crippen LogP contribution >= 0.6 is 0 Å². The monoisotopic (exact) mass is 781 g/mol. The van der Waals surface area contributed by atoms with Crippen LogP contribution in [0.25, 0.3) is 133 Å². The zero-order chi connectivity index (χ0) is 40.0. The SMILES string of the molecule is c1ccc(-c2ccc(-c3nc(-c4ccc5oc6ccccc6c5c4)nc(-c4cccc5oc6c(-c7c8ccccc8cc8oc9ccccc9c78)cccc6c45)n3)cc2)cc1. The molecule has 0 spiro atoms. The molecule has 9 aromatic carbocycles. The fourth-order valence-corrected chi connectivity index (χ4v) is 9.12. The molecule has 6 nitrogen and oxygen atoms in total. The van der Waals surface area contributed by atoms with Gasteiger partial charge in [0.25, 0.3) is 0 Å². The molecule has 13 aromatic rings. The molecular weight excluding hydrogens is 751 g/mol. The summed E-state index contributed by atoms with van der Waals surface area (Å²) in [5.74, 6) is 1.69. The highest BCUT2D eigenvalue weighted by molar-refractivity contribution is 6.24. The lowest BCUT2D eigenvalue weighted by Crippen LogP contribution is -2.00. The molecule has 0 radical (unpaired) electrons. The van der Waals surface area contributed by atoms with Gasteiger partial charge in [-0.05, 0) is 64.4 Å². The van der Waals surface area contributed by atoms with E-state index < -0.39 is 0 Å². The normalized spacial score (nSPS) is 11.9. The van der Waals surface area contributed by atoms with Gasteiger partial charge in [-0.2, -0.15) is 0 Å². The Labute approximate surface area is 348 Å². The summed E-state index contributed by atoms with van der Waals surface area (Å²) in [5, 5.41) is 8.31. The largest absolute Gasteiger partial charge is 0.456 e. The van der Waals surface area contributed by atoms with Crippen LogP contribution in [0.5, 0.6) is 0 Å². The molecule has 0 aliphatic carbocycles. The first kappa shape index (κ1) is 33.6. The third-order valence-electron chi connectivity index (χ3n) is 11.9. The summed E-state index contributed by atoms with van der Waals surface area (Å²) in [4.78, 5) is 15.6. The summed E-state index contributed by atoms with van der Waals surface area (Å²) in [7, 11) is 0. The number of benzene rings is 9. The number of hydrogen-bond acceptors (Lipinski definition) is 6. The lowest BCUT2D eigenvalue weighted by Gasteiger charge is -2.11. The molecular formula is C55H31N3O3. The van der Waals surface area contributed by atoms with Crippen molar-refractivity contribution in [2.45, 2.75) is 0 Å². The molecule has 0 unspecified atom stereocenters. The van der Waals surface area contributed by atoms with Gasteiger partial charge in [-0.15, -0.1) is 0 Å². The minimum Gasteiger partial charge on any atom is -0.456 e. The summed E-state index contributed by atoms with van der Waals surface area (Å²) in [6.45, 7) is 0. The van der Waals surface area contributed by atoms with Crippen molar-refractivity contribution in [1.82, 2.24) is 15.0 Å². The highest BCUT2D eigenvalue weighted by atomic mass is 16.3. The number of aromatic nitrogens is 3. The number of rotatable bonds is 5. The van der Waals surface area contributed by atoms with E-state index in [4.69, 9.17) is 28.2 Å². The topological polar surface area (TPSA) is 78.1 Å². The van der Waals surface area contributed by atoms with Crippen LogP contribution in [0.1, 0.15) is 0 Å². The maximum absolute atomic E-state index is 6.94. The fourth-order valence-electron chi connectivity index (χ4n) is 9.12. The van der Waals surface area contributed by atoms with E-state index in [1.165, 1.54) is 0 Å².